The molecular weight excluding hydrogens is 583 g/mol. The van der Waals surface area contributed by atoms with Crippen LogP contribution < -0.4 is 0 Å². The average Bonchev–Trinajstić information content (AvgIpc) is 3.13. The van der Waals surface area contributed by atoms with Crippen molar-refractivity contribution in [1.82, 2.24) is 15.0 Å². The topological polar surface area (TPSA) is 38.7 Å². The van der Waals surface area contributed by atoms with E-state index in [4.69, 9.17) is 15.0 Å². The van der Waals surface area contributed by atoms with Crippen LogP contribution in [0.25, 0.3) is 77.6 Å². The molecule has 3 nitrogen and oxygen atoms in total. The van der Waals surface area contributed by atoms with Gasteiger partial charge in [-0.2, -0.15) is 0 Å². The third-order valence-corrected chi connectivity index (χ3v) is 10.8. The Morgan fingerprint density at radius 2 is 0.896 bits per heavy atom. The van der Waals surface area contributed by atoms with Gasteiger partial charge in [0.2, 0.25) is 0 Å². The summed E-state index contributed by atoms with van der Waals surface area (Å²) < 4.78 is 0. The van der Waals surface area contributed by atoms with Crippen LogP contribution in [0.1, 0.15) is 51.7 Å². The Balaban J connectivity index is 1.27. The van der Waals surface area contributed by atoms with Gasteiger partial charge in [0, 0.05) is 16.7 Å². The molecule has 1 aliphatic carbocycles. The van der Waals surface area contributed by atoms with Crippen LogP contribution in [-0.2, 0) is 10.8 Å². The van der Waals surface area contributed by atoms with Crippen LogP contribution in [0.5, 0.6) is 0 Å². The van der Waals surface area contributed by atoms with Gasteiger partial charge in [-0.05, 0) is 84.3 Å². The molecule has 0 unspecified atom stereocenters. The van der Waals surface area contributed by atoms with Gasteiger partial charge in [-0.1, -0.05) is 149 Å². The number of benzene rings is 7. The van der Waals surface area contributed by atoms with E-state index in [9.17, 15) is 0 Å². The number of rotatable bonds is 4. The third-order valence-electron chi connectivity index (χ3n) is 10.8. The molecule has 0 amide bonds. The summed E-state index contributed by atoms with van der Waals surface area (Å²) in [6.07, 6.45) is 2.42. The first-order valence-corrected chi connectivity index (χ1v) is 17.0. The zero-order valence-corrected chi connectivity index (χ0v) is 27.9. The van der Waals surface area contributed by atoms with Gasteiger partial charge < -0.3 is 0 Å². The van der Waals surface area contributed by atoms with Crippen molar-refractivity contribution in [2.24, 2.45) is 0 Å². The van der Waals surface area contributed by atoms with E-state index in [0.717, 1.165) is 22.1 Å². The Labute approximate surface area is 281 Å². The normalized spacial score (nSPS) is 15.2. The fourth-order valence-electron chi connectivity index (χ4n) is 7.93. The SMILES string of the molecule is CC1(C)CCC(C)(C)c2cc(-c3ccc4ccc5ccc(-c6nc(-c7ccccc7)nc(-c7ccccc7)n6)c6ccc3c4c56)ccc21. The van der Waals surface area contributed by atoms with Crippen molar-refractivity contribution in [2.45, 2.75) is 51.4 Å². The molecule has 8 aromatic rings. The Hall–Kier alpha value is -5.41. The van der Waals surface area contributed by atoms with Crippen molar-refractivity contribution in [3.05, 3.63) is 139 Å². The largest absolute Gasteiger partial charge is 0.208 e. The van der Waals surface area contributed by atoms with Crippen LogP contribution in [0, 0.1) is 0 Å². The molecule has 1 heterocycles. The molecule has 0 radical (unpaired) electrons. The highest BCUT2D eigenvalue weighted by Crippen LogP contribution is 2.48. The maximum Gasteiger partial charge on any atom is 0.164 e. The first-order valence-electron chi connectivity index (χ1n) is 17.0. The van der Waals surface area contributed by atoms with E-state index in [-0.39, 0.29) is 10.8 Å². The minimum atomic E-state index is 0.154. The monoisotopic (exact) mass is 619 g/mol. The lowest BCUT2D eigenvalue weighted by Gasteiger charge is -2.42. The molecule has 1 aromatic heterocycles. The zero-order valence-electron chi connectivity index (χ0n) is 27.9. The molecule has 0 saturated carbocycles. The molecular formula is C45H37N3. The number of hydrogen-bond donors (Lipinski definition) is 0. The first-order chi connectivity index (χ1) is 23.3. The van der Waals surface area contributed by atoms with Crippen molar-refractivity contribution in [2.75, 3.05) is 0 Å². The van der Waals surface area contributed by atoms with E-state index in [2.05, 4.69) is 119 Å². The van der Waals surface area contributed by atoms with Crippen molar-refractivity contribution in [1.29, 1.82) is 0 Å². The summed E-state index contributed by atoms with van der Waals surface area (Å²) in [6.45, 7) is 9.60. The average molecular weight is 620 g/mol. The molecule has 232 valence electrons. The standard InChI is InChI=1S/C45H37N3/c1-44(2)25-26-45(3,4)38-27-32(19-24-37(38)44)33-20-17-28-15-16-29-18-21-36(35-23-22-34(33)39(28)40(29)35)43-47-41(30-11-7-5-8-12-30)46-42(48-43)31-13-9-6-10-14-31/h5-24,27H,25-26H2,1-4H3. The van der Waals surface area contributed by atoms with Crippen LogP contribution in [0.3, 0.4) is 0 Å². The molecule has 48 heavy (non-hydrogen) atoms. The summed E-state index contributed by atoms with van der Waals surface area (Å²) in [7, 11) is 0. The van der Waals surface area contributed by atoms with Crippen LogP contribution in [0.2, 0.25) is 0 Å². The summed E-state index contributed by atoms with van der Waals surface area (Å²) >= 11 is 0. The molecule has 0 fully saturated rings. The number of hydrogen-bond acceptors (Lipinski definition) is 3. The van der Waals surface area contributed by atoms with Gasteiger partial charge in [0.05, 0.1) is 0 Å². The molecule has 7 aromatic carbocycles. The summed E-state index contributed by atoms with van der Waals surface area (Å²) in [6, 6.07) is 45.7. The smallest absolute Gasteiger partial charge is 0.164 e. The molecule has 0 spiro atoms. The van der Waals surface area contributed by atoms with Crippen LogP contribution >= 0.6 is 0 Å². The maximum atomic E-state index is 5.09. The maximum absolute atomic E-state index is 5.09. The summed E-state index contributed by atoms with van der Waals surface area (Å²) in [5.74, 6) is 2.03. The zero-order chi connectivity index (χ0) is 32.6. The minimum Gasteiger partial charge on any atom is -0.208 e. The number of fused-ring (bicyclic) bond motifs is 1. The highest BCUT2D eigenvalue weighted by molar-refractivity contribution is 6.27. The predicted molar refractivity (Wildman–Crippen MR) is 201 cm³/mol. The van der Waals surface area contributed by atoms with Gasteiger partial charge in [0.1, 0.15) is 0 Å². The predicted octanol–water partition coefficient (Wildman–Crippen LogP) is 11.8. The summed E-state index contributed by atoms with van der Waals surface area (Å²) in [4.78, 5) is 15.1. The molecule has 1 aliphatic rings. The quantitative estimate of drug-likeness (QED) is 0.184. The van der Waals surface area contributed by atoms with E-state index < -0.39 is 0 Å². The number of aromatic nitrogens is 3. The van der Waals surface area contributed by atoms with Gasteiger partial charge in [0.15, 0.2) is 17.5 Å². The Bertz CT molecular complexity index is 2440. The van der Waals surface area contributed by atoms with Crippen molar-refractivity contribution < 1.29 is 0 Å². The Kier molecular flexibility index (Phi) is 6.33. The van der Waals surface area contributed by atoms with E-state index >= 15 is 0 Å². The van der Waals surface area contributed by atoms with Crippen LogP contribution in [-0.4, -0.2) is 15.0 Å². The van der Waals surface area contributed by atoms with Gasteiger partial charge >= 0.3 is 0 Å². The van der Waals surface area contributed by atoms with E-state index in [1.807, 2.05) is 36.4 Å². The van der Waals surface area contributed by atoms with Crippen LogP contribution in [0.4, 0.5) is 0 Å². The van der Waals surface area contributed by atoms with Gasteiger partial charge in [0.25, 0.3) is 0 Å². The number of nitrogens with zero attached hydrogens (tertiary/aromatic N) is 3. The highest BCUT2D eigenvalue weighted by atomic mass is 15.0. The fraction of sp³-hybridized carbons (Fsp3) is 0.178. The van der Waals surface area contributed by atoms with Gasteiger partial charge in [-0.3, -0.25) is 0 Å². The fourth-order valence-corrected chi connectivity index (χ4v) is 7.93. The van der Waals surface area contributed by atoms with Crippen molar-refractivity contribution in [3.63, 3.8) is 0 Å². The summed E-state index contributed by atoms with van der Waals surface area (Å²) in [5.41, 5.74) is 8.85. The van der Waals surface area contributed by atoms with Crippen molar-refractivity contribution >= 4 is 32.3 Å². The lowest BCUT2D eigenvalue weighted by molar-refractivity contribution is 0.332. The van der Waals surface area contributed by atoms with E-state index in [0.29, 0.717) is 17.5 Å². The molecule has 0 N–H and O–H groups in total. The van der Waals surface area contributed by atoms with Crippen molar-refractivity contribution in [3.8, 4) is 45.3 Å². The van der Waals surface area contributed by atoms with Gasteiger partial charge in [-0.25, -0.2) is 15.0 Å². The molecule has 9 rings (SSSR count). The van der Waals surface area contributed by atoms with Gasteiger partial charge in [-0.15, -0.1) is 0 Å². The van der Waals surface area contributed by atoms with E-state index in [1.165, 1.54) is 62.0 Å². The molecule has 0 bridgehead atoms. The second-order valence-electron chi connectivity index (χ2n) is 14.7. The first kappa shape index (κ1) is 28.8. The molecule has 0 saturated heterocycles. The lowest BCUT2D eigenvalue weighted by Crippen LogP contribution is -2.33. The minimum absolute atomic E-state index is 0.154. The third kappa shape index (κ3) is 4.52. The van der Waals surface area contributed by atoms with E-state index in [1.54, 1.807) is 0 Å². The molecule has 0 atom stereocenters. The summed E-state index contributed by atoms with van der Waals surface area (Å²) in [5, 5.41) is 7.45. The van der Waals surface area contributed by atoms with Crippen LogP contribution in [0.15, 0.2) is 127 Å². The second-order valence-corrected chi connectivity index (χ2v) is 14.7. The second kappa shape index (κ2) is 10.6. The molecule has 3 heteroatoms. The Morgan fingerprint density at radius 3 is 1.48 bits per heavy atom. The highest BCUT2D eigenvalue weighted by Gasteiger charge is 2.37. The molecule has 0 aliphatic heterocycles. The lowest BCUT2D eigenvalue weighted by atomic mass is 9.63. The Morgan fingerprint density at radius 1 is 0.417 bits per heavy atom.